The lowest BCUT2D eigenvalue weighted by molar-refractivity contribution is 0.318. The highest BCUT2D eigenvalue weighted by atomic mass is 32.2. The molecule has 0 unspecified atom stereocenters. The minimum Gasteiger partial charge on any atom is -0.409 e. The minimum absolute atomic E-state index is 0.0805. The zero-order chi connectivity index (χ0) is 13.1. The molecule has 7 heteroatoms. The van der Waals surface area contributed by atoms with Gasteiger partial charge in [-0.2, -0.15) is 0 Å². The highest BCUT2D eigenvalue weighted by Crippen LogP contribution is 2.28. The molecule has 94 valence electrons. The number of nitrogens with two attached hydrogens (primary N) is 1. The van der Waals surface area contributed by atoms with Gasteiger partial charge in [-0.25, -0.2) is 0 Å². The second-order valence-electron chi connectivity index (χ2n) is 3.67. The average Bonchev–Trinajstić information content (AvgIpc) is 2.70. The van der Waals surface area contributed by atoms with E-state index in [1.807, 2.05) is 36.7 Å². The third-order valence-corrected chi connectivity index (χ3v) is 3.64. The predicted octanol–water partition coefficient (Wildman–Crippen LogP) is 1.37. The van der Waals surface area contributed by atoms with Gasteiger partial charge < -0.3 is 15.5 Å². The van der Waals surface area contributed by atoms with Crippen molar-refractivity contribution in [3.05, 3.63) is 35.7 Å². The Morgan fingerprint density at radius 3 is 2.72 bits per heavy atom. The van der Waals surface area contributed by atoms with Gasteiger partial charge in [-0.3, -0.25) is 0 Å². The van der Waals surface area contributed by atoms with E-state index in [0.29, 0.717) is 5.56 Å². The smallest absolute Gasteiger partial charge is 0.195 e. The Labute approximate surface area is 109 Å². The predicted molar refractivity (Wildman–Crippen MR) is 68.8 cm³/mol. The monoisotopic (exact) mass is 263 g/mol. The van der Waals surface area contributed by atoms with Crippen molar-refractivity contribution in [2.24, 2.45) is 17.9 Å². The summed E-state index contributed by atoms with van der Waals surface area (Å²) in [5, 5.41) is 20.6. The molecule has 0 radical (unpaired) electrons. The maximum absolute atomic E-state index is 8.76. The lowest BCUT2D eigenvalue weighted by atomic mass is 10.2. The number of nitrogens with zero attached hydrogens (tertiary/aromatic N) is 4. The van der Waals surface area contributed by atoms with E-state index in [9.17, 15) is 0 Å². The summed E-state index contributed by atoms with van der Waals surface area (Å²) in [6.45, 7) is 1.88. The van der Waals surface area contributed by atoms with Crippen LogP contribution >= 0.6 is 11.8 Å². The molecule has 3 N–H and O–H groups in total. The lowest BCUT2D eigenvalue weighted by Gasteiger charge is -2.06. The number of aryl methyl sites for hydroxylation is 1. The Kier molecular flexibility index (Phi) is 3.52. The molecule has 0 saturated carbocycles. The van der Waals surface area contributed by atoms with Crippen LogP contribution in [0.1, 0.15) is 11.4 Å². The number of benzene rings is 1. The molecule has 0 amide bonds. The van der Waals surface area contributed by atoms with Crippen LogP contribution in [0.3, 0.4) is 0 Å². The van der Waals surface area contributed by atoms with E-state index in [-0.39, 0.29) is 5.84 Å². The van der Waals surface area contributed by atoms with Crippen molar-refractivity contribution in [2.45, 2.75) is 17.0 Å². The van der Waals surface area contributed by atoms with E-state index in [1.165, 1.54) is 11.8 Å². The summed E-state index contributed by atoms with van der Waals surface area (Å²) in [6, 6.07) is 7.40. The van der Waals surface area contributed by atoms with Gasteiger partial charge in [-0.05, 0) is 24.8 Å². The second-order valence-corrected chi connectivity index (χ2v) is 4.68. The van der Waals surface area contributed by atoms with Crippen molar-refractivity contribution < 1.29 is 5.21 Å². The maximum Gasteiger partial charge on any atom is 0.195 e. The van der Waals surface area contributed by atoms with Crippen LogP contribution in [0.5, 0.6) is 0 Å². The van der Waals surface area contributed by atoms with Crippen LogP contribution in [-0.2, 0) is 7.05 Å². The van der Waals surface area contributed by atoms with Crippen LogP contribution < -0.4 is 5.73 Å². The number of oxime groups is 1. The molecule has 0 aliphatic carbocycles. The number of aromatic nitrogens is 3. The van der Waals surface area contributed by atoms with Gasteiger partial charge in [-0.1, -0.05) is 23.4 Å². The summed E-state index contributed by atoms with van der Waals surface area (Å²) in [7, 11) is 1.89. The maximum atomic E-state index is 8.76. The summed E-state index contributed by atoms with van der Waals surface area (Å²) in [4.78, 5) is 0.864. The first-order valence-electron chi connectivity index (χ1n) is 5.24. The topological polar surface area (TPSA) is 89.3 Å². The fourth-order valence-corrected chi connectivity index (χ4v) is 2.37. The highest BCUT2D eigenvalue weighted by molar-refractivity contribution is 7.99. The van der Waals surface area contributed by atoms with E-state index >= 15 is 0 Å². The summed E-state index contributed by atoms with van der Waals surface area (Å²) in [5.74, 6) is 0.913. The van der Waals surface area contributed by atoms with Gasteiger partial charge in [0, 0.05) is 17.5 Å². The first-order chi connectivity index (χ1) is 8.63. The van der Waals surface area contributed by atoms with Gasteiger partial charge in [0.1, 0.15) is 5.82 Å². The van der Waals surface area contributed by atoms with E-state index in [4.69, 9.17) is 10.9 Å². The normalized spacial score (nSPS) is 11.8. The van der Waals surface area contributed by atoms with Crippen LogP contribution in [-0.4, -0.2) is 25.8 Å². The number of hydrogen-bond acceptors (Lipinski definition) is 5. The molecular formula is C11H13N5OS. The molecule has 0 aliphatic heterocycles. The Balaban J connectivity index is 2.38. The first-order valence-corrected chi connectivity index (χ1v) is 6.06. The van der Waals surface area contributed by atoms with Crippen LogP contribution in [0, 0.1) is 6.92 Å². The van der Waals surface area contributed by atoms with E-state index in [0.717, 1.165) is 15.9 Å². The van der Waals surface area contributed by atoms with Gasteiger partial charge in [0.2, 0.25) is 0 Å². The quantitative estimate of drug-likeness (QED) is 0.378. The SMILES string of the molecule is Cc1nnc(Sc2ccccc2C(N)=NO)n1C. The molecule has 1 aromatic carbocycles. The van der Waals surface area contributed by atoms with Crippen molar-refractivity contribution in [1.82, 2.24) is 14.8 Å². The molecular weight excluding hydrogens is 250 g/mol. The van der Waals surface area contributed by atoms with Crippen LogP contribution in [0.4, 0.5) is 0 Å². The number of hydrogen-bond donors (Lipinski definition) is 2. The van der Waals surface area contributed by atoms with Crippen molar-refractivity contribution in [1.29, 1.82) is 0 Å². The zero-order valence-electron chi connectivity index (χ0n) is 10.0. The molecule has 2 rings (SSSR count). The molecule has 0 fully saturated rings. The molecule has 1 heterocycles. The van der Waals surface area contributed by atoms with Gasteiger partial charge in [0.15, 0.2) is 11.0 Å². The Morgan fingerprint density at radius 1 is 1.39 bits per heavy atom. The standard InChI is InChI=1S/C11H13N5OS/c1-7-13-14-11(16(7)2)18-9-6-4-3-5-8(9)10(12)15-17/h3-6,17H,1-2H3,(H2,12,15). The van der Waals surface area contributed by atoms with Crippen molar-refractivity contribution >= 4 is 17.6 Å². The fraction of sp³-hybridized carbons (Fsp3) is 0.182. The Hall–Kier alpha value is -2.02. The third kappa shape index (κ3) is 2.30. The molecule has 0 spiro atoms. The van der Waals surface area contributed by atoms with E-state index in [2.05, 4.69) is 15.4 Å². The van der Waals surface area contributed by atoms with Crippen molar-refractivity contribution in [3.63, 3.8) is 0 Å². The highest BCUT2D eigenvalue weighted by Gasteiger charge is 2.12. The third-order valence-electron chi connectivity index (χ3n) is 2.52. The Morgan fingerprint density at radius 2 is 2.11 bits per heavy atom. The van der Waals surface area contributed by atoms with Crippen molar-refractivity contribution in [3.8, 4) is 0 Å². The molecule has 0 saturated heterocycles. The molecule has 0 bridgehead atoms. The van der Waals surface area contributed by atoms with E-state index < -0.39 is 0 Å². The van der Waals surface area contributed by atoms with Crippen LogP contribution in [0.25, 0.3) is 0 Å². The van der Waals surface area contributed by atoms with Gasteiger partial charge >= 0.3 is 0 Å². The van der Waals surface area contributed by atoms with Crippen LogP contribution in [0.15, 0.2) is 39.5 Å². The summed E-state index contributed by atoms with van der Waals surface area (Å²) < 4.78 is 1.88. The first kappa shape index (κ1) is 12.4. The summed E-state index contributed by atoms with van der Waals surface area (Å²) in [6.07, 6.45) is 0. The molecule has 0 atom stereocenters. The zero-order valence-corrected chi connectivity index (χ0v) is 10.8. The Bertz CT molecular complexity index is 593. The van der Waals surface area contributed by atoms with Gasteiger partial charge in [0.05, 0.1) is 0 Å². The largest absolute Gasteiger partial charge is 0.409 e. The number of rotatable bonds is 3. The minimum atomic E-state index is 0.0805. The fourth-order valence-electron chi connectivity index (χ4n) is 1.40. The van der Waals surface area contributed by atoms with Crippen LogP contribution in [0.2, 0.25) is 0 Å². The molecule has 1 aromatic heterocycles. The summed E-state index contributed by atoms with van der Waals surface area (Å²) >= 11 is 1.42. The second kappa shape index (κ2) is 5.09. The molecule has 18 heavy (non-hydrogen) atoms. The summed E-state index contributed by atoms with van der Waals surface area (Å²) in [5.41, 5.74) is 6.31. The average molecular weight is 263 g/mol. The van der Waals surface area contributed by atoms with Gasteiger partial charge in [0.25, 0.3) is 0 Å². The van der Waals surface area contributed by atoms with Crippen molar-refractivity contribution in [2.75, 3.05) is 0 Å². The molecule has 0 aliphatic rings. The molecule has 6 nitrogen and oxygen atoms in total. The number of amidine groups is 1. The van der Waals surface area contributed by atoms with E-state index in [1.54, 1.807) is 6.07 Å². The molecule has 2 aromatic rings. The van der Waals surface area contributed by atoms with Gasteiger partial charge in [-0.15, -0.1) is 10.2 Å². The lowest BCUT2D eigenvalue weighted by Crippen LogP contribution is -2.14.